The zero-order chi connectivity index (χ0) is 14.0. The molecule has 5 heteroatoms. The molecular formula is C14H17ClN2O2. The molecule has 4 nitrogen and oxygen atoms in total. The number of carbonyl (C=O) groups is 2. The molecule has 19 heavy (non-hydrogen) atoms. The largest absolute Gasteiger partial charge is 0.336 e. The van der Waals surface area contributed by atoms with Crippen molar-refractivity contribution in [2.45, 2.75) is 13.3 Å². The van der Waals surface area contributed by atoms with Crippen molar-refractivity contribution in [3.63, 3.8) is 0 Å². The standard InChI is InChI=1S/C14H17ClN2O2/c1-9-7-12(9)14(19)17(2)8-13(18)16-11-5-3-10(15)4-6-11/h3-6,9,12H,7-8H2,1-2H3,(H,16,18)/t9-,12+/m1/s1. The second kappa shape index (κ2) is 5.61. The van der Waals surface area contributed by atoms with Crippen LogP contribution in [0.5, 0.6) is 0 Å². The van der Waals surface area contributed by atoms with Crippen LogP contribution in [0.3, 0.4) is 0 Å². The lowest BCUT2D eigenvalue weighted by Crippen LogP contribution is -2.36. The number of likely N-dealkylation sites (N-methyl/N-ethyl adjacent to an activating group) is 1. The van der Waals surface area contributed by atoms with Crippen molar-refractivity contribution in [3.8, 4) is 0 Å². The molecule has 2 amide bonds. The van der Waals surface area contributed by atoms with Gasteiger partial charge in [-0.1, -0.05) is 18.5 Å². The maximum absolute atomic E-state index is 11.9. The molecule has 1 aliphatic carbocycles. The molecule has 0 heterocycles. The summed E-state index contributed by atoms with van der Waals surface area (Å²) in [4.78, 5) is 25.2. The van der Waals surface area contributed by atoms with Crippen LogP contribution < -0.4 is 5.32 Å². The van der Waals surface area contributed by atoms with Crippen molar-refractivity contribution in [1.82, 2.24) is 4.90 Å². The van der Waals surface area contributed by atoms with E-state index in [1.165, 1.54) is 4.90 Å². The fourth-order valence-electron chi connectivity index (χ4n) is 1.98. The van der Waals surface area contributed by atoms with Crippen LogP contribution in [0.15, 0.2) is 24.3 Å². The van der Waals surface area contributed by atoms with Gasteiger partial charge >= 0.3 is 0 Å². The lowest BCUT2D eigenvalue weighted by molar-refractivity contribution is -0.134. The molecule has 1 aromatic carbocycles. The molecule has 0 aliphatic heterocycles. The van der Waals surface area contributed by atoms with E-state index in [4.69, 9.17) is 11.6 Å². The van der Waals surface area contributed by atoms with Gasteiger partial charge < -0.3 is 10.2 Å². The third-order valence-corrected chi connectivity index (χ3v) is 3.56. The Kier molecular flexibility index (Phi) is 4.10. The van der Waals surface area contributed by atoms with Gasteiger partial charge in [-0.3, -0.25) is 9.59 Å². The first-order chi connectivity index (χ1) is 8.97. The molecule has 1 aromatic rings. The van der Waals surface area contributed by atoms with Crippen LogP contribution in [0.2, 0.25) is 5.02 Å². The van der Waals surface area contributed by atoms with E-state index in [2.05, 4.69) is 5.32 Å². The van der Waals surface area contributed by atoms with E-state index in [9.17, 15) is 9.59 Å². The van der Waals surface area contributed by atoms with E-state index < -0.39 is 0 Å². The fourth-order valence-corrected chi connectivity index (χ4v) is 2.10. The Hall–Kier alpha value is -1.55. The first kappa shape index (κ1) is 13.9. The van der Waals surface area contributed by atoms with Crippen LogP contribution in [0.1, 0.15) is 13.3 Å². The lowest BCUT2D eigenvalue weighted by atomic mass is 10.3. The third-order valence-electron chi connectivity index (χ3n) is 3.31. The summed E-state index contributed by atoms with van der Waals surface area (Å²) in [5.41, 5.74) is 0.676. The summed E-state index contributed by atoms with van der Waals surface area (Å²) in [6.45, 7) is 2.12. The number of anilines is 1. The highest BCUT2D eigenvalue weighted by Crippen LogP contribution is 2.38. The Morgan fingerprint density at radius 3 is 2.47 bits per heavy atom. The topological polar surface area (TPSA) is 49.4 Å². The Morgan fingerprint density at radius 2 is 1.95 bits per heavy atom. The summed E-state index contributed by atoms with van der Waals surface area (Å²) in [6, 6.07) is 6.87. The second-order valence-electron chi connectivity index (χ2n) is 5.07. The number of amides is 2. The lowest BCUT2D eigenvalue weighted by Gasteiger charge is -2.16. The Balaban J connectivity index is 1.83. The summed E-state index contributed by atoms with van der Waals surface area (Å²) in [6.07, 6.45) is 0.933. The monoisotopic (exact) mass is 280 g/mol. The third kappa shape index (κ3) is 3.70. The smallest absolute Gasteiger partial charge is 0.243 e. The number of rotatable bonds is 4. The Morgan fingerprint density at radius 1 is 1.37 bits per heavy atom. The maximum Gasteiger partial charge on any atom is 0.243 e. The minimum Gasteiger partial charge on any atom is -0.336 e. The number of nitrogens with one attached hydrogen (secondary N) is 1. The highest BCUT2D eigenvalue weighted by molar-refractivity contribution is 6.30. The number of halogens is 1. The van der Waals surface area contributed by atoms with Gasteiger partial charge in [-0.25, -0.2) is 0 Å². The number of carbonyl (C=O) groups excluding carboxylic acids is 2. The van der Waals surface area contributed by atoms with Gasteiger partial charge in [0.25, 0.3) is 0 Å². The van der Waals surface area contributed by atoms with Gasteiger partial charge in [0.1, 0.15) is 0 Å². The van der Waals surface area contributed by atoms with Crippen LogP contribution in [0, 0.1) is 11.8 Å². The van der Waals surface area contributed by atoms with E-state index in [1.807, 2.05) is 6.92 Å². The maximum atomic E-state index is 11.9. The van der Waals surface area contributed by atoms with Gasteiger partial charge in [-0.2, -0.15) is 0 Å². The van der Waals surface area contributed by atoms with Gasteiger partial charge in [-0.15, -0.1) is 0 Å². The predicted octanol–water partition coefficient (Wildman–Crippen LogP) is 2.39. The summed E-state index contributed by atoms with van der Waals surface area (Å²) in [5.74, 6) is 0.410. The van der Waals surface area contributed by atoms with Crippen LogP contribution in [0.25, 0.3) is 0 Å². The zero-order valence-electron chi connectivity index (χ0n) is 11.0. The molecule has 0 radical (unpaired) electrons. The van der Waals surface area contributed by atoms with Gasteiger partial charge in [0.15, 0.2) is 0 Å². The molecule has 0 unspecified atom stereocenters. The summed E-state index contributed by atoms with van der Waals surface area (Å²) >= 11 is 5.76. The first-order valence-electron chi connectivity index (χ1n) is 6.28. The van der Waals surface area contributed by atoms with E-state index in [1.54, 1.807) is 31.3 Å². The average Bonchev–Trinajstić information content (AvgIpc) is 3.08. The van der Waals surface area contributed by atoms with Crippen LogP contribution in [0.4, 0.5) is 5.69 Å². The van der Waals surface area contributed by atoms with E-state index in [0.29, 0.717) is 16.6 Å². The molecule has 0 spiro atoms. The van der Waals surface area contributed by atoms with Gasteiger partial charge in [0.05, 0.1) is 6.54 Å². The number of hydrogen-bond donors (Lipinski definition) is 1. The van der Waals surface area contributed by atoms with Crippen LogP contribution in [-0.2, 0) is 9.59 Å². The summed E-state index contributed by atoms with van der Waals surface area (Å²) in [7, 11) is 1.66. The van der Waals surface area contributed by atoms with Gasteiger partial charge in [0.2, 0.25) is 11.8 Å². The quantitative estimate of drug-likeness (QED) is 0.921. The molecule has 1 saturated carbocycles. The fraction of sp³-hybridized carbons (Fsp3) is 0.429. The summed E-state index contributed by atoms with van der Waals surface area (Å²) in [5, 5.41) is 3.35. The molecule has 1 fully saturated rings. The minimum atomic E-state index is -0.202. The normalized spacial score (nSPS) is 20.8. The molecule has 0 saturated heterocycles. The van der Waals surface area contributed by atoms with Crippen molar-refractivity contribution in [2.75, 3.05) is 18.9 Å². The SMILES string of the molecule is C[C@@H]1C[C@@H]1C(=O)N(C)CC(=O)Nc1ccc(Cl)cc1. The van der Waals surface area contributed by atoms with Crippen molar-refractivity contribution in [2.24, 2.45) is 11.8 Å². The van der Waals surface area contributed by atoms with Crippen LogP contribution in [-0.4, -0.2) is 30.3 Å². The Labute approximate surface area is 117 Å². The molecule has 0 aromatic heterocycles. The van der Waals surface area contributed by atoms with Crippen molar-refractivity contribution >= 4 is 29.1 Å². The predicted molar refractivity (Wildman–Crippen MR) is 75.0 cm³/mol. The summed E-state index contributed by atoms with van der Waals surface area (Å²) < 4.78 is 0. The average molecular weight is 281 g/mol. The van der Waals surface area contributed by atoms with Crippen molar-refractivity contribution in [1.29, 1.82) is 0 Å². The van der Waals surface area contributed by atoms with Crippen molar-refractivity contribution < 1.29 is 9.59 Å². The number of nitrogens with zero attached hydrogens (tertiary/aromatic N) is 1. The molecule has 0 bridgehead atoms. The molecule has 102 valence electrons. The zero-order valence-corrected chi connectivity index (χ0v) is 11.8. The molecule has 1 aliphatic rings. The van der Waals surface area contributed by atoms with E-state index >= 15 is 0 Å². The van der Waals surface area contributed by atoms with Gasteiger partial charge in [0, 0.05) is 23.7 Å². The Bertz CT molecular complexity index is 487. The van der Waals surface area contributed by atoms with Crippen molar-refractivity contribution in [3.05, 3.63) is 29.3 Å². The van der Waals surface area contributed by atoms with E-state index in [0.717, 1.165) is 6.42 Å². The molecular weight excluding hydrogens is 264 g/mol. The number of hydrogen-bond acceptors (Lipinski definition) is 2. The van der Waals surface area contributed by atoms with Crippen LogP contribution >= 0.6 is 11.6 Å². The van der Waals surface area contributed by atoms with E-state index in [-0.39, 0.29) is 24.3 Å². The van der Waals surface area contributed by atoms with Gasteiger partial charge in [-0.05, 0) is 36.6 Å². The first-order valence-corrected chi connectivity index (χ1v) is 6.65. The second-order valence-corrected chi connectivity index (χ2v) is 5.51. The minimum absolute atomic E-state index is 0.0544. The highest BCUT2D eigenvalue weighted by atomic mass is 35.5. The number of benzene rings is 1. The molecule has 1 N–H and O–H groups in total. The molecule has 2 rings (SSSR count). The molecule has 2 atom stereocenters. The highest BCUT2D eigenvalue weighted by Gasteiger charge is 2.40.